The predicted molar refractivity (Wildman–Crippen MR) is 81.9 cm³/mol. The molecule has 0 atom stereocenters. The van der Waals surface area contributed by atoms with Crippen LogP contribution < -0.4 is 9.46 Å². The Morgan fingerprint density at radius 3 is 2.48 bits per heavy atom. The van der Waals surface area contributed by atoms with Gasteiger partial charge in [0.2, 0.25) is 10.0 Å². The van der Waals surface area contributed by atoms with Gasteiger partial charge in [0.1, 0.15) is 10.6 Å². The van der Waals surface area contributed by atoms with Crippen molar-refractivity contribution in [3.63, 3.8) is 0 Å². The third kappa shape index (κ3) is 3.28. The SMILES string of the molecule is COc1ccc(C)cc1S(=O)(=O)NCc1ccc(C)n1C. The number of methoxy groups -OCH3 is 1. The van der Waals surface area contributed by atoms with Gasteiger partial charge >= 0.3 is 0 Å². The molecule has 0 unspecified atom stereocenters. The molecule has 0 saturated carbocycles. The molecule has 1 aromatic carbocycles. The zero-order valence-electron chi connectivity index (χ0n) is 12.7. The van der Waals surface area contributed by atoms with Gasteiger partial charge in [-0.15, -0.1) is 0 Å². The van der Waals surface area contributed by atoms with Crippen LogP contribution in [0.25, 0.3) is 0 Å². The molecule has 0 aliphatic rings. The molecule has 6 heteroatoms. The second-order valence-electron chi connectivity index (χ2n) is 5.00. The van der Waals surface area contributed by atoms with E-state index < -0.39 is 10.0 Å². The molecule has 0 aliphatic carbocycles. The van der Waals surface area contributed by atoms with Crippen LogP contribution in [-0.2, 0) is 23.6 Å². The molecule has 5 nitrogen and oxygen atoms in total. The van der Waals surface area contributed by atoms with E-state index >= 15 is 0 Å². The van der Waals surface area contributed by atoms with Crippen LogP contribution in [0.1, 0.15) is 17.0 Å². The molecule has 0 bridgehead atoms. The Kier molecular flexibility index (Phi) is 4.39. The molecule has 0 saturated heterocycles. The van der Waals surface area contributed by atoms with Crippen molar-refractivity contribution in [3.8, 4) is 5.75 Å². The van der Waals surface area contributed by atoms with Crippen LogP contribution in [0.4, 0.5) is 0 Å². The molecule has 0 aliphatic heterocycles. The minimum Gasteiger partial charge on any atom is -0.495 e. The summed E-state index contributed by atoms with van der Waals surface area (Å²) >= 11 is 0. The van der Waals surface area contributed by atoms with Gasteiger partial charge in [0.25, 0.3) is 0 Å². The van der Waals surface area contributed by atoms with Crippen molar-refractivity contribution in [2.24, 2.45) is 7.05 Å². The van der Waals surface area contributed by atoms with E-state index in [1.54, 1.807) is 12.1 Å². The maximum absolute atomic E-state index is 12.5. The number of benzene rings is 1. The van der Waals surface area contributed by atoms with Crippen LogP contribution in [0.5, 0.6) is 5.75 Å². The summed E-state index contributed by atoms with van der Waals surface area (Å²) in [5, 5.41) is 0. The quantitative estimate of drug-likeness (QED) is 0.920. The zero-order chi connectivity index (χ0) is 15.6. The minimum atomic E-state index is -3.62. The zero-order valence-corrected chi connectivity index (χ0v) is 13.5. The van der Waals surface area contributed by atoms with Crippen molar-refractivity contribution in [1.29, 1.82) is 0 Å². The Hall–Kier alpha value is -1.79. The summed E-state index contributed by atoms with van der Waals surface area (Å²) in [5.74, 6) is 0.344. The van der Waals surface area contributed by atoms with Crippen molar-refractivity contribution >= 4 is 10.0 Å². The first-order chi connectivity index (χ1) is 9.85. The van der Waals surface area contributed by atoms with Crippen LogP contribution in [0, 0.1) is 13.8 Å². The third-order valence-electron chi connectivity index (χ3n) is 3.53. The van der Waals surface area contributed by atoms with Crippen LogP contribution in [-0.4, -0.2) is 20.1 Å². The number of sulfonamides is 1. The number of hydrogen-bond donors (Lipinski definition) is 1. The first kappa shape index (κ1) is 15.6. The Morgan fingerprint density at radius 2 is 1.90 bits per heavy atom. The number of aryl methyl sites for hydroxylation is 2. The number of hydrogen-bond acceptors (Lipinski definition) is 3. The molecular formula is C15H20N2O3S. The molecule has 0 radical (unpaired) electrons. The largest absolute Gasteiger partial charge is 0.495 e. The third-order valence-corrected chi connectivity index (χ3v) is 4.95. The minimum absolute atomic E-state index is 0.163. The van der Waals surface area contributed by atoms with Crippen molar-refractivity contribution in [1.82, 2.24) is 9.29 Å². The summed E-state index contributed by atoms with van der Waals surface area (Å²) in [7, 11) is -0.248. The first-order valence-electron chi connectivity index (χ1n) is 6.60. The second-order valence-corrected chi connectivity index (χ2v) is 6.74. The molecule has 2 aromatic rings. The van der Waals surface area contributed by atoms with Crippen LogP contribution in [0.15, 0.2) is 35.2 Å². The van der Waals surface area contributed by atoms with Gasteiger partial charge in [-0.3, -0.25) is 0 Å². The topological polar surface area (TPSA) is 60.3 Å². The lowest BCUT2D eigenvalue weighted by atomic mass is 10.2. The number of rotatable bonds is 5. The second kappa shape index (κ2) is 5.91. The van der Waals surface area contributed by atoms with E-state index in [1.165, 1.54) is 7.11 Å². The number of aromatic nitrogens is 1. The lowest BCUT2D eigenvalue weighted by Crippen LogP contribution is -2.25. The summed E-state index contributed by atoms with van der Waals surface area (Å²) in [6, 6.07) is 8.95. The van der Waals surface area contributed by atoms with Crippen LogP contribution in [0.3, 0.4) is 0 Å². The van der Waals surface area contributed by atoms with Gasteiger partial charge < -0.3 is 9.30 Å². The van der Waals surface area contributed by atoms with Crippen molar-refractivity contribution in [2.75, 3.05) is 7.11 Å². The molecule has 21 heavy (non-hydrogen) atoms. The van der Waals surface area contributed by atoms with Crippen LogP contribution in [0.2, 0.25) is 0 Å². The fourth-order valence-corrected chi connectivity index (χ4v) is 3.34. The highest BCUT2D eigenvalue weighted by Gasteiger charge is 2.19. The summed E-state index contributed by atoms with van der Waals surface area (Å²) in [5.41, 5.74) is 2.85. The van der Waals surface area contributed by atoms with E-state index in [2.05, 4.69) is 4.72 Å². The Bertz CT molecular complexity index is 748. The van der Waals surface area contributed by atoms with E-state index in [0.717, 1.165) is 17.0 Å². The van der Waals surface area contributed by atoms with Crippen molar-refractivity contribution in [3.05, 3.63) is 47.3 Å². The van der Waals surface area contributed by atoms with Gasteiger partial charge in [-0.05, 0) is 43.7 Å². The summed E-state index contributed by atoms with van der Waals surface area (Å²) in [4.78, 5) is 0.163. The van der Waals surface area contributed by atoms with E-state index in [9.17, 15) is 8.42 Å². The maximum atomic E-state index is 12.5. The lowest BCUT2D eigenvalue weighted by Gasteiger charge is -2.12. The molecule has 2 rings (SSSR count). The van der Waals surface area contributed by atoms with E-state index in [-0.39, 0.29) is 11.4 Å². The fourth-order valence-electron chi connectivity index (χ4n) is 2.09. The molecule has 1 heterocycles. The van der Waals surface area contributed by atoms with E-state index in [1.807, 2.05) is 43.7 Å². The van der Waals surface area contributed by atoms with Crippen molar-refractivity contribution < 1.29 is 13.2 Å². The smallest absolute Gasteiger partial charge is 0.244 e. The Balaban J connectivity index is 2.27. The number of nitrogens with zero attached hydrogens (tertiary/aromatic N) is 1. The van der Waals surface area contributed by atoms with E-state index in [0.29, 0.717) is 5.75 Å². The van der Waals surface area contributed by atoms with Gasteiger partial charge in [0, 0.05) is 18.4 Å². The standard InChI is InChI=1S/C15H20N2O3S/c1-11-5-8-14(20-4)15(9-11)21(18,19)16-10-13-7-6-12(2)17(13)3/h5-9,16H,10H2,1-4H3. The molecule has 0 amide bonds. The van der Waals surface area contributed by atoms with Gasteiger partial charge in [-0.25, -0.2) is 13.1 Å². The molecular weight excluding hydrogens is 288 g/mol. The molecule has 1 N–H and O–H groups in total. The summed E-state index contributed by atoms with van der Waals surface area (Å²) < 4.78 is 34.6. The van der Waals surface area contributed by atoms with Gasteiger partial charge in [0.15, 0.2) is 0 Å². The van der Waals surface area contributed by atoms with Crippen LogP contribution >= 0.6 is 0 Å². The highest BCUT2D eigenvalue weighted by molar-refractivity contribution is 7.89. The maximum Gasteiger partial charge on any atom is 0.244 e. The Morgan fingerprint density at radius 1 is 1.19 bits per heavy atom. The lowest BCUT2D eigenvalue weighted by molar-refractivity contribution is 0.402. The van der Waals surface area contributed by atoms with Gasteiger partial charge in [-0.1, -0.05) is 6.07 Å². The normalized spacial score (nSPS) is 11.6. The summed E-state index contributed by atoms with van der Waals surface area (Å²) in [6.45, 7) is 4.06. The highest BCUT2D eigenvalue weighted by atomic mass is 32.2. The number of ether oxygens (including phenoxy) is 1. The number of nitrogens with one attached hydrogen (secondary N) is 1. The fraction of sp³-hybridized carbons (Fsp3) is 0.333. The first-order valence-corrected chi connectivity index (χ1v) is 8.09. The Labute approximate surface area is 125 Å². The highest BCUT2D eigenvalue weighted by Crippen LogP contribution is 2.24. The molecule has 114 valence electrons. The molecule has 0 spiro atoms. The van der Waals surface area contributed by atoms with Gasteiger partial charge in [-0.2, -0.15) is 0 Å². The van der Waals surface area contributed by atoms with Crippen molar-refractivity contribution in [2.45, 2.75) is 25.3 Å². The average Bonchev–Trinajstić information content (AvgIpc) is 2.77. The average molecular weight is 308 g/mol. The van der Waals surface area contributed by atoms with E-state index in [4.69, 9.17) is 4.74 Å². The monoisotopic (exact) mass is 308 g/mol. The predicted octanol–water partition coefficient (Wildman–Crippen LogP) is 2.13. The van der Waals surface area contributed by atoms with Gasteiger partial charge in [0.05, 0.1) is 13.7 Å². The molecule has 1 aromatic heterocycles. The molecule has 0 fully saturated rings. The summed E-state index contributed by atoms with van der Waals surface area (Å²) in [6.07, 6.45) is 0.